The molecule has 0 bridgehead atoms. The topological polar surface area (TPSA) is 90.9 Å². The lowest BCUT2D eigenvalue weighted by Crippen LogP contribution is -2.37. The zero-order valence-electron chi connectivity index (χ0n) is 17.1. The van der Waals surface area contributed by atoms with Crippen LogP contribution in [0.1, 0.15) is 17.0 Å². The molecule has 8 nitrogen and oxygen atoms in total. The van der Waals surface area contributed by atoms with E-state index in [-0.39, 0.29) is 18.7 Å². The van der Waals surface area contributed by atoms with E-state index in [0.29, 0.717) is 5.82 Å². The summed E-state index contributed by atoms with van der Waals surface area (Å²) in [5.41, 5.74) is -0.936. The number of benzene rings is 2. The summed E-state index contributed by atoms with van der Waals surface area (Å²) < 4.78 is 35.9. The van der Waals surface area contributed by atoms with Crippen LogP contribution in [0.3, 0.4) is 0 Å². The van der Waals surface area contributed by atoms with Crippen LogP contribution in [-0.2, 0) is 18.7 Å². The van der Waals surface area contributed by atoms with E-state index in [4.69, 9.17) is 4.74 Å². The van der Waals surface area contributed by atoms with Crippen molar-refractivity contribution in [2.45, 2.75) is 18.7 Å². The minimum Gasteiger partial charge on any atom is -0.497 e. The number of rotatable bonds is 8. The molecule has 0 aliphatic rings. The first-order valence-corrected chi connectivity index (χ1v) is 9.67. The number of hydrogen-bond donors (Lipinski definition) is 1. The van der Waals surface area contributed by atoms with E-state index >= 15 is 0 Å². The number of aromatic nitrogens is 6. The first kappa shape index (κ1) is 21.3. The number of halogens is 2. The molecule has 0 saturated heterocycles. The second kappa shape index (κ2) is 9.06. The van der Waals surface area contributed by atoms with Gasteiger partial charge in [0, 0.05) is 11.6 Å². The Labute approximate surface area is 182 Å². The van der Waals surface area contributed by atoms with Gasteiger partial charge in [-0.1, -0.05) is 24.3 Å². The van der Waals surface area contributed by atoms with Gasteiger partial charge in [-0.05, 0) is 29.8 Å². The van der Waals surface area contributed by atoms with Gasteiger partial charge >= 0.3 is 0 Å². The normalized spacial score (nSPS) is 13.4. The monoisotopic (exact) mass is 438 g/mol. The van der Waals surface area contributed by atoms with Crippen molar-refractivity contribution in [1.29, 1.82) is 0 Å². The molecular weight excluding hydrogens is 418 g/mol. The summed E-state index contributed by atoms with van der Waals surface area (Å²) in [7, 11) is 1.60. The molecule has 1 atom stereocenters. The van der Waals surface area contributed by atoms with E-state index in [0.717, 1.165) is 23.4 Å². The van der Waals surface area contributed by atoms with Gasteiger partial charge in [-0.25, -0.2) is 28.1 Å². The fourth-order valence-corrected chi connectivity index (χ4v) is 3.28. The van der Waals surface area contributed by atoms with Gasteiger partial charge in [0.25, 0.3) is 0 Å². The Morgan fingerprint density at radius 2 is 1.81 bits per heavy atom. The Bertz CT molecular complexity index is 1210. The summed E-state index contributed by atoms with van der Waals surface area (Å²) in [6.45, 7) is -0.259. The minimum absolute atomic E-state index is 0.0831. The van der Waals surface area contributed by atoms with Gasteiger partial charge < -0.3 is 9.84 Å². The van der Waals surface area contributed by atoms with E-state index in [9.17, 15) is 13.9 Å². The molecule has 4 aromatic rings. The molecule has 2 aromatic carbocycles. The van der Waals surface area contributed by atoms with Crippen molar-refractivity contribution >= 4 is 12.2 Å². The maximum absolute atomic E-state index is 14.5. The lowest BCUT2D eigenvalue weighted by molar-refractivity contribution is -0.00857. The number of aliphatic hydroxyl groups is 1. The fourth-order valence-electron chi connectivity index (χ4n) is 3.28. The molecule has 0 amide bonds. The van der Waals surface area contributed by atoms with Crippen molar-refractivity contribution in [3.05, 3.63) is 90.0 Å². The number of methoxy groups -OCH3 is 1. The molecule has 10 heteroatoms. The number of nitrogens with zero attached hydrogens (tertiary/aromatic N) is 6. The molecule has 0 fully saturated rings. The highest BCUT2D eigenvalue weighted by molar-refractivity contribution is 5.66. The Kier molecular flexibility index (Phi) is 6.04. The molecular formula is C22H20F2N6O2. The molecule has 164 valence electrons. The maximum atomic E-state index is 14.5. The zero-order chi connectivity index (χ0) is 22.6. The molecule has 0 saturated carbocycles. The first-order chi connectivity index (χ1) is 15.4. The van der Waals surface area contributed by atoms with Crippen molar-refractivity contribution in [1.82, 2.24) is 29.5 Å². The predicted molar refractivity (Wildman–Crippen MR) is 112 cm³/mol. The highest BCUT2D eigenvalue weighted by Crippen LogP contribution is 2.28. The Hall–Kier alpha value is -3.92. The van der Waals surface area contributed by atoms with Crippen molar-refractivity contribution in [2.24, 2.45) is 0 Å². The van der Waals surface area contributed by atoms with Gasteiger partial charge in [-0.3, -0.25) is 0 Å². The van der Waals surface area contributed by atoms with Crippen molar-refractivity contribution in [3.63, 3.8) is 0 Å². The largest absolute Gasteiger partial charge is 0.497 e. The van der Waals surface area contributed by atoms with E-state index in [1.165, 1.54) is 34.4 Å². The van der Waals surface area contributed by atoms with Crippen LogP contribution >= 0.6 is 0 Å². The molecule has 0 aliphatic carbocycles. The van der Waals surface area contributed by atoms with E-state index < -0.39 is 17.2 Å². The third-order valence-electron chi connectivity index (χ3n) is 4.84. The zero-order valence-corrected chi connectivity index (χ0v) is 17.1. The smallest absolute Gasteiger partial charge is 0.173 e. The van der Waals surface area contributed by atoms with Crippen LogP contribution in [0.2, 0.25) is 0 Å². The highest BCUT2D eigenvalue weighted by atomic mass is 19.1. The molecule has 1 unspecified atom stereocenters. The average molecular weight is 438 g/mol. The molecule has 4 rings (SSSR count). The van der Waals surface area contributed by atoms with Gasteiger partial charge in [0.2, 0.25) is 0 Å². The second-order valence-corrected chi connectivity index (χ2v) is 7.16. The molecule has 0 radical (unpaired) electrons. The molecule has 1 N–H and O–H groups in total. The highest BCUT2D eigenvalue weighted by Gasteiger charge is 2.34. The van der Waals surface area contributed by atoms with Gasteiger partial charge in [-0.2, -0.15) is 10.2 Å². The third-order valence-corrected chi connectivity index (χ3v) is 4.84. The molecule has 0 aliphatic heterocycles. The number of hydrogen-bond acceptors (Lipinski definition) is 6. The standard InChI is InChI=1S/C22H20F2N6O2/c1-32-18-6-2-16(3-7-18)4-9-21-26-15-30(28-21)12-22(31,11-29-14-25-13-27-29)19-8-5-17(23)10-20(19)24/h2-10,13-15,31H,11-12H2,1H3/b9-4+. The quantitative estimate of drug-likeness (QED) is 0.455. The van der Waals surface area contributed by atoms with E-state index in [1.807, 2.05) is 30.3 Å². The average Bonchev–Trinajstić information content (AvgIpc) is 3.44. The molecule has 2 heterocycles. The van der Waals surface area contributed by atoms with Crippen molar-refractivity contribution in [3.8, 4) is 5.75 Å². The third kappa shape index (κ3) is 4.86. The number of ether oxygens (including phenoxy) is 1. The summed E-state index contributed by atoms with van der Waals surface area (Å²) >= 11 is 0. The van der Waals surface area contributed by atoms with Gasteiger partial charge in [0.1, 0.15) is 42.0 Å². The van der Waals surface area contributed by atoms with Crippen LogP contribution in [0.15, 0.2) is 61.4 Å². The fraction of sp³-hybridized carbons (Fsp3) is 0.182. The van der Waals surface area contributed by atoms with E-state index in [2.05, 4.69) is 20.2 Å². The molecule has 0 spiro atoms. The molecule has 2 aromatic heterocycles. The SMILES string of the molecule is COc1ccc(/C=C/c2ncn(CC(O)(Cn3cncn3)c3ccc(F)cc3F)n2)cc1. The van der Waals surface area contributed by atoms with E-state index in [1.54, 1.807) is 13.2 Å². The lowest BCUT2D eigenvalue weighted by atomic mass is 9.93. The molecule has 32 heavy (non-hydrogen) atoms. The Morgan fingerprint density at radius 3 is 2.50 bits per heavy atom. The Morgan fingerprint density at radius 1 is 1.03 bits per heavy atom. The van der Waals surface area contributed by atoms with Crippen LogP contribution in [0.4, 0.5) is 8.78 Å². The second-order valence-electron chi connectivity index (χ2n) is 7.16. The van der Waals surface area contributed by atoms with Gasteiger partial charge in [0.05, 0.1) is 20.2 Å². The van der Waals surface area contributed by atoms with Crippen LogP contribution in [-0.4, -0.2) is 41.7 Å². The van der Waals surface area contributed by atoms with Crippen LogP contribution in [0.5, 0.6) is 5.75 Å². The van der Waals surface area contributed by atoms with Gasteiger partial charge in [0.15, 0.2) is 5.82 Å². The summed E-state index contributed by atoms with van der Waals surface area (Å²) in [6, 6.07) is 10.5. The van der Waals surface area contributed by atoms with Crippen LogP contribution in [0.25, 0.3) is 12.2 Å². The van der Waals surface area contributed by atoms with Gasteiger partial charge in [-0.15, -0.1) is 0 Å². The maximum Gasteiger partial charge on any atom is 0.173 e. The van der Waals surface area contributed by atoms with Crippen LogP contribution in [0, 0.1) is 11.6 Å². The van der Waals surface area contributed by atoms with Crippen LogP contribution < -0.4 is 4.74 Å². The van der Waals surface area contributed by atoms with Crippen molar-refractivity contribution in [2.75, 3.05) is 7.11 Å². The summed E-state index contributed by atoms with van der Waals surface area (Å²) in [5.74, 6) is -0.443. The summed E-state index contributed by atoms with van der Waals surface area (Å²) in [5, 5.41) is 19.7. The Balaban J connectivity index is 1.57. The summed E-state index contributed by atoms with van der Waals surface area (Å²) in [6.07, 6.45) is 7.69. The van der Waals surface area contributed by atoms with Crippen molar-refractivity contribution < 1.29 is 18.6 Å². The first-order valence-electron chi connectivity index (χ1n) is 9.67. The summed E-state index contributed by atoms with van der Waals surface area (Å²) in [4.78, 5) is 8.06. The lowest BCUT2D eigenvalue weighted by Gasteiger charge is -2.28. The minimum atomic E-state index is -1.78. The predicted octanol–water partition coefficient (Wildman–Crippen LogP) is 2.91.